The van der Waals surface area contributed by atoms with Crippen LogP contribution < -0.4 is 15.4 Å². The fourth-order valence-electron chi connectivity index (χ4n) is 3.10. The summed E-state index contributed by atoms with van der Waals surface area (Å²) in [6.07, 6.45) is 0.895. The smallest absolute Gasteiger partial charge is 0.234 e. The minimum Gasteiger partial charge on any atom is -0.497 e. The third-order valence-electron chi connectivity index (χ3n) is 4.23. The van der Waals surface area contributed by atoms with Gasteiger partial charge in [0.1, 0.15) is 5.75 Å². The lowest BCUT2D eigenvalue weighted by Gasteiger charge is -2.27. The molecule has 1 amide bonds. The average molecular weight is 320 g/mol. The van der Waals surface area contributed by atoms with Crippen LogP contribution in [0.2, 0.25) is 0 Å². The minimum absolute atomic E-state index is 0.0127. The fraction of sp³-hybridized carbons (Fsp3) is 0.611. The number of ether oxygens (including phenoxy) is 2. The maximum Gasteiger partial charge on any atom is 0.234 e. The lowest BCUT2D eigenvalue weighted by Crippen LogP contribution is -2.47. The molecule has 2 rings (SSSR count). The van der Waals surface area contributed by atoms with Crippen molar-refractivity contribution in [3.05, 3.63) is 29.8 Å². The van der Waals surface area contributed by atoms with Crippen LogP contribution in [0, 0.1) is 0 Å². The zero-order valence-electron chi connectivity index (χ0n) is 14.7. The number of methoxy groups -OCH3 is 1. The minimum atomic E-state index is -0.264. The lowest BCUT2D eigenvalue weighted by atomic mass is 9.94. The summed E-state index contributed by atoms with van der Waals surface area (Å²) in [5, 5.41) is 6.25. The van der Waals surface area contributed by atoms with Crippen molar-refractivity contribution < 1.29 is 14.3 Å². The summed E-state index contributed by atoms with van der Waals surface area (Å²) in [6, 6.07) is 7.84. The molecule has 1 aromatic carbocycles. The van der Waals surface area contributed by atoms with Crippen molar-refractivity contribution in [2.75, 3.05) is 13.7 Å². The van der Waals surface area contributed by atoms with Crippen LogP contribution in [0.4, 0.5) is 0 Å². The summed E-state index contributed by atoms with van der Waals surface area (Å²) >= 11 is 0. The second-order valence-electron chi connectivity index (χ2n) is 7.23. The molecule has 5 heteroatoms. The second kappa shape index (κ2) is 6.89. The van der Waals surface area contributed by atoms with Crippen molar-refractivity contribution in [2.24, 2.45) is 0 Å². The molecule has 1 heterocycles. The Hall–Kier alpha value is -1.59. The number of amides is 1. The normalized spacial score (nSPS) is 21.9. The molecule has 0 aromatic heterocycles. The first kappa shape index (κ1) is 17.8. The van der Waals surface area contributed by atoms with E-state index in [0.717, 1.165) is 17.7 Å². The number of rotatable bonds is 6. The van der Waals surface area contributed by atoms with Crippen molar-refractivity contribution in [3.63, 3.8) is 0 Å². The van der Waals surface area contributed by atoms with Crippen LogP contribution in [0.1, 0.15) is 39.7 Å². The molecule has 0 saturated carbocycles. The van der Waals surface area contributed by atoms with E-state index in [0.29, 0.717) is 13.1 Å². The number of benzene rings is 1. The monoisotopic (exact) mass is 320 g/mol. The Balaban J connectivity index is 1.77. The first-order valence-electron chi connectivity index (χ1n) is 8.05. The van der Waals surface area contributed by atoms with Gasteiger partial charge in [-0.05, 0) is 51.8 Å². The topological polar surface area (TPSA) is 59.6 Å². The summed E-state index contributed by atoms with van der Waals surface area (Å²) in [5.41, 5.74) is 0.630. The molecule has 1 fully saturated rings. The Kier molecular flexibility index (Phi) is 5.32. The third-order valence-corrected chi connectivity index (χ3v) is 4.23. The van der Waals surface area contributed by atoms with Gasteiger partial charge in [-0.3, -0.25) is 4.79 Å². The van der Waals surface area contributed by atoms with Gasteiger partial charge in [0.25, 0.3) is 0 Å². The van der Waals surface area contributed by atoms with Gasteiger partial charge >= 0.3 is 0 Å². The Morgan fingerprint density at radius 2 is 1.91 bits per heavy atom. The van der Waals surface area contributed by atoms with E-state index < -0.39 is 0 Å². The summed E-state index contributed by atoms with van der Waals surface area (Å²) in [6.45, 7) is 9.11. The molecule has 1 aliphatic heterocycles. The largest absolute Gasteiger partial charge is 0.497 e. The Morgan fingerprint density at radius 1 is 1.26 bits per heavy atom. The van der Waals surface area contributed by atoms with E-state index in [1.165, 1.54) is 0 Å². The number of nitrogens with one attached hydrogen (secondary N) is 2. The molecule has 1 saturated heterocycles. The molecule has 23 heavy (non-hydrogen) atoms. The van der Waals surface area contributed by atoms with Crippen LogP contribution in [-0.2, 0) is 16.1 Å². The van der Waals surface area contributed by atoms with E-state index >= 15 is 0 Å². The summed E-state index contributed by atoms with van der Waals surface area (Å²) in [5.74, 6) is 0.800. The van der Waals surface area contributed by atoms with Crippen molar-refractivity contribution in [1.29, 1.82) is 0 Å². The Bertz CT molecular complexity index is 538. The zero-order chi connectivity index (χ0) is 17.1. The highest BCUT2D eigenvalue weighted by Crippen LogP contribution is 2.37. The third kappa shape index (κ3) is 4.94. The van der Waals surface area contributed by atoms with Crippen LogP contribution in [0.5, 0.6) is 5.75 Å². The van der Waals surface area contributed by atoms with E-state index in [9.17, 15) is 4.79 Å². The van der Waals surface area contributed by atoms with Gasteiger partial charge in [-0.1, -0.05) is 12.1 Å². The SMILES string of the molecule is COc1ccc(CNC(=O)CNC2CC(C)(C)OC2(C)C)cc1. The van der Waals surface area contributed by atoms with E-state index in [1.807, 2.05) is 24.3 Å². The fourth-order valence-corrected chi connectivity index (χ4v) is 3.10. The van der Waals surface area contributed by atoms with E-state index in [-0.39, 0.29) is 23.2 Å². The van der Waals surface area contributed by atoms with Crippen LogP contribution in [0.15, 0.2) is 24.3 Å². The second-order valence-corrected chi connectivity index (χ2v) is 7.23. The predicted octanol–water partition coefficient (Wildman–Crippen LogP) is 2.25. The molecule has 1 atom stereocenters. The van der Waals surface area contributed by atoms with Gasteiger partial charge in [0, 0.05) is 12.6 Å². The van der Waals surface area contributed by atoms with Gasteiger partial charge < -0.3 is 20.1 Å². The molecule has 1 aromatic rings. The highest BCUT2D eigenvalue weighted by atomic mass is 16.5. The Morgan fingerprint density at radius 3 is 2.43 bits per heavy atom. The molecule has 5 nitrogen and oxygen atoms in total. The maximum atomic E-state index is 12.0. The average Bonchev–Trinajstić information content (AvgIpc) is 2.70. The molecule has 0 aliphatic carbocycles. The van der Waals surface area contributed by atoms with Gasteiger partial charge in [-0.25, -0.2) is 0 Å². The molecule has 0 bridgehead atoms. The highest BCUT2D eigenvalue weighted by Gasteiger charge is 2.45. The Labute approximate surface area is 138 Å². The molecule has 2 N–H and O–H groups in total. The lowest BCUT2D eigenvalue weighted by molar-refractivity contribution is -0.120. The van der Waals surface area contributed by atoms with Crippen LogP contribution >= 0.6 is 0 Å². The summed E-state index contributed by atoms with van der Waals surface area (Å²) in [4.78, 5) is 12.0. The number of hydrogen-bond acceptors (Lipinski definition) is 4. The van der Waals surface area contributed by atoms with Gasteiger partial charge in [-0.2, -0.15) is 0 Å². The van der Waals surface area contributed by atoms with E-state index in [4.69, 9.17) is 9.47 Å². The predicted molar refractivity (Wildman–Crippen MR) is 90.5 cm³/mol. The van der Waals surface area contributed by atoms with Crippen LogP contribution in [0.3, 0.4) is 0 Å². The van der Waals surface area contributed by atoms with Crippen LogP contribution in [0.25, 0.3) is 0 Å². The van der Waals surface area contributed by atoms with E-state index in [2.05, 4.69) is 38.3 Å². The first-order valence-corrected chi connectivity index (χ1v) is 8.05. The van der Waals surface area contributed by atoms with Crippen LogP contribution in [-0.4, -0.2) is 36.8 Å². The standard InChI is InChI=1S/C18H28N2O3/c1-17(2)10-15(18(3,4)23-17)19-12-16(21)20-11-13-6-8-14(22-5)9-7-13/h6-9,15,19H,10-12H2,1-5H3,(H,20,21). The van der Waals surface area contributed by atoms with Crippen molar-refractivity contribution in [2.45, 2.75) is 57.9 Å². The molecule has 128 valence electrons. The molecular formula is C18H28N2O3. The maximum absolute atomic E-state index is 12.0. The number of carbonyl (C=O) groups is 1. The summed E-state index contributed by atoms with van der Waals surface area (Å²) in [7, 11) is 1.64. The van der Waals surface area contributed by atoms with E-state index in [1.54, 1.807) is 7.11 Å². The number of carbonyl (C=O) groups excluding carboxylic acids is 1. The van der Waals surface area contributed by atoms with Gasteiger partial charge in [-0.15, -0.1) is 0 Å². The van der Waals surface area contributed by atoms with Crippen molar-refractivity contribution in [1.82, 2.24) is 10.6 Å². The quantitative estimate of drug-likeness (QED) is 0.844. The highest BCUT2D eigenvalue weighted by molar-refractivity contribution is 5.78. The molecule has 1 aliphatic rings. The van der Waals surface area contributed by atoms with Gasteiger partial charge in [0.2, 0.25) is 5.91 Å². The van der Waals surface area contributed by atoms with Crippen molar-refractivity contribution in [3.8, 4) is 5.75 Å². The number of hydrogen-bond donors (Lipinski definition) is 2. The van der Waals surface area contributed by atoms with Gasteiger partial charge in [0.05, 0.1) is 24.9 Å². The van der Waals surface area contributed by atoms with Crippen molar-refractivity contribution >= 4 is 5.91 Å². The molecule has 1 unspecified atom stereocenters. The molecule has 0 radical (unpaired) electrons. The first-order chi connectivity index (χ1) is 10.7. The zero-order valence-corrected chi connectivity index (χ0v) is 14.7. The van der Waals surface area contributed by atoms with Gasteiger partial charge in [0.15, 0.2) is 0 Å². The summed E-state index contributed by atoms with van der Waals surface area (Å²) < 4.78 is 11.1. The molecular weight excluding hydrogens is 292 g/mol. The molecule has 0 spiro atoms.